The molecule has 0 aliphatic rings. The van der Waals surface area contributed by atoms with Crippen LogP contribution in [0.3, 0.4) is 0 Å². The third kappa shape index (κ3) is 6.12. The molecular weight excluding hydrogens is 308 g/mol. The van der Waals surface area contributed by atoms with Gasteiger partial charge < -0.3 is 15.8 Å². The highest BCUT2D eigenvalue weighted by atomic mass is 16.6. The van der Waals surface area contributed by atoms with Gasteiger partial charge in [-0.05, 0) is 32.8 Å². The fourth-order valence-corrected chi connectivity index (χ4v) is 2.10. The summed E-state index contributed by atoms with van der Waals surface area (Å²) >= 11 is 0. The highest BCUT2D eigenvalue weighted by Gasteiger charge is 2.31. The van der Waals surface area contributed by atoms with Gasteiger partial charge in [0.2, 0.25) is 5.78 Å². The van der Waals surface area contributed by atoms with Crippen molar-refractivity contribution < 1.29 is 19.1 Å². The van der Waals surface area contributed by atoms with Crippen LogP contribution in [0.2, 0.25) is 0 Å². The molecule has 3 N–H and O–H groups in total. The Morgan fingerprint density at radius 2 is 1.75 bits per heavy atom. The molecule has 6 nitrogen and oxygen atoms in total. The van der Waals surface area contributed by atoms with E-state index >= 15 is 0 Å². The first-order valence-electron chi connectivity index (χ1n) is 8.03. The molecule has 132 valence electrons. The number of benzene rings is 1. The number of hydrogen-bond acceptors (Lipinski definition) is 5. The predicted molar refractivity (Wildman–Crippen MR) is 91.1 cm³/mol. The summed E-state index contributed by atoms with van der Waals surface area (Å²) in [5.74, 6) is -2.24. The van der Waals surface area contributed by atoms with E-state index in [4.69, 9.17) is 10.5 Å². The number of nitrogens with two attached hydrogens (primary N) is 1. The lowest BCUT2D eigenvalue weighted by Gasteiger charge is -2.25. The van der Waals surface area contributed by atoms with Crippen LogP contribution in [0.1, 0.15) is 52.1 Å². The van der Waals surface area contributed by atoms with E-state index in [1.807, 2.05) is 6.92 Å². The van der Waals surface area contributed by atoms with Gasteiger partial charge in [0.1, 0.15) is 5.60 Å². The average molecular weight is 334 g/mol. The Hall–Kier alpha value is -2.21. The Morgan fingerprint density at radius 3 is 2.25 bits per heavy atom. The van der Waals surface area contributed by atoms with Crippen molar-refractivity contribution in [1.29, 1.82) is 0 Å². The highest BCUT2D eigenvalue weighted by Crippen LogP contribution is 2.18. The predicted octanol–water partition coefficient (Wildman–Crippen LogP) is 1.88. The SMILES string of the molecule is CCCC(N)C(=O)C(=O)NC(C(=O)OC(C)(C)C)c1ccccc1. The molecule has 6 heteroatoms. The van der Waals surface area contributed by atoms with E-state index in [0.717, 1.165) is 0 Å². The number of carbonyl (C=O) groups excluding carboxylic acids is 3. The van der Waals surface area contributed by atoms with Crippen molar-refractivity contribution in [3.05, 3.63) is 35.9 Å². The minimum absolute atomic E-state index is 0.411. The van der Waals surface area contributed by atoms with Crippen molar-refractivity contribution >= 4 is 17.7 Å². The lowest BCUT2D eigenvalue weighted by Crippen LogP contribution is -2.46. The fourth-order valence-electron chi connectivity index (χ4n) is 2.10. The van der Waals surface area contributed by atoms with Crippen LogP contribution >= 0.6 is 0 Å². The summed E-state index contributed by atoms with van der Waals surface area (Å²) in [6, 6.07) is 6.71. The molecule has 1 aromatic rings. The average Bonchev–Trinajstić information content (AvgIpc) is 2.50. The monoisotopic (exact) mass is 334 g/mol. The number of carbonyl (C=O) groups is 3. The van der Waals surface area contributed by atoms with E-state index in [9.17, 15) is 14.4 Å². The number of Topliss-reactive ketones (excluding diaryl/α,β-unsaturated/α-hetero) is 1. The minimum atomic E-state index is -1.06. The molecule has 0 aromatic heterocycles. The van der Waals surface area contributed by atoms with Crippen LogP contribution < -0.4 is 11.1 Å². The van der Waals surface area contributed by atoms with Crippen molar-refractivity contribution in [3.63, 3.8) is 0 Å². The number of ketones is 1. The van der Waals surface area contributed by atoms with Crippen LogP contribution in [0, 0.1) is 0 Å². The van der Waals surface area contributed by atoms with Gasteiger partial charge in [-0.1, -0.05) is 43.7 Å². The van der Waals surface area contributed by atoms with Gasteiger partial charge in [-0.15, -0.1) is 0 Å². The largest absolute Gasteiger partial charge is 0.458 e. The number of rotatable bonds is 7. The molecule has 0 spiro atoms. The van der Waals surface area contributed by atoms with Crippen LogP contribution in [0.15, 0.2) is 30.3 Å². The van der Waals surface area contributed by atoms with Gasteiger partial charge in [-0.25, -0.2) is 4.79 Å². The van der Waals surface area contributed by atoms with Gasteiger partial charge in [0, 0.05) is 0 Å². The highest BCUT2D eigenvalue weighted by molar-refractivity contribution is 6.38. The Kier molecular flexibility index (Phi) is 7.10. The standard InChI is InChI=1S/C18H26N2O4/c1-5-9-13(19)15(21)16(22)20-14(12-10-7-6-8-11-12)17(23)24-18(2,3)4/h6-8,10-11,13-14H,5,9,19H2,1-4H3,(H,20,22). The fraction of sp³-hybridized carbons (Fsp3) is 0.500. The Balaban J connectivity index is 2.96. The Labute approximate surface area is 142 Å². The van der Waals surface area contributed by atoms with Gasteiger partial charge in [0.05, 0.1) is 6.04 Å². The van der Waals surface area contributed by atoms with E-state index in [0.29, 0.717) is 18.4 Å². The van der Waals surface area contributed by atoms with Crippen molar-refractivity contribution in [1.82, 2.24) is 5.32 Å². The molecule has 0 fully saturated rings. The second-order valence-corrected chi connectivity index (χ2v) is 6.61. The van der Waals surface area contributed by atoms with Gasteiger partial charge in [-0.2, -0.15) is 0 Å². The molecule has 0 aliphatic heterocycles. The second kappa shape index (κ2) is 8.59. The van der Waals surface area contributed by atoms with Crippen molar-refractivity contribution in [2.45, 2.75) is 58.2 Å². The van der Waals surface area contributed by atoms with Crippen LogP contribution in [0.25, 0.3) is 0 Å². The van der Waals surface area contributed by atoms with Crippen molar-refractivity contribution in [2.75, 3.05) is 0 Å². The maximum atomic E-state index is 12.4. The maximum absolute atomic E-state index is 12.4. The third-order valence-electron chi connectivity index (χ3n) is 3.21. The molecule has 0 saturated carbocycles. The van der Waals surface area contributed by atoms with Gasteiger partial charge in [0.15, 0.2) is 6.04 Å². The van der Waals surface area contributed by atoms with Gasteiger partial charge in [-0.3, -0.25) is 9.59 Å². The third-order valence-corrected chi connectivity index (χ3v) is 3.21. The zero-order valence-corrected chi connectivity index (χ0v) is 14.7. The Morgan fingerprint density at radius 1 is 1.17 bits per heavy atom. The first-order valence-corrected chi connectivity index (χ1v) is 8.03. The number of esters is 1. The van der Waals surface area contributed by atoms with Gasteiger partial charge in [0.25, 0.3) is 5.91 Å². The molecular formula is C18H26N2O4. The normalized spacial score (nSPS) is 13.7. The van der Waals surface area contributed by atoms with E-state index in [1.165, 1.54) is 0 Å². The summed E-state index contributed by atoms with van der Waals surface area (Å²) in [6.45, 7) is 7.07. The van der Waals surface area contributed by atoms with E-state index in [-0.39, 0.29) is 0 Å². The minimum Gasteiger partial charge on any atom is -0.458 e. The zero-order chi connectivity index (χ0) is 18.3. The van der Waals surface area contributed by atoms with E-state index < -0.39 is 35.3 Å². The van der Waals surface area contributed by atoms with Gasteiger partial charge >= 0.3 is 5.97 Å². The number of nitrogens with one attached hydrogen (secondary N) is 1. The summed E-state index contributed by atoms with van der Waals surface area (Å²) in [5, 5.41) is 2.45. The molecule has 24 heavy (non-hydrogen) atoms. The molecule has 0 bridgehead atoms. The van der Waals surface area contributed by atoms with Crippen molar-refractivity contribution in [2.24, 2.45) is 5.73 Å². The number of ether oxygens (including phenoxy) is 1. The van der Waals surface area contributed by atoms with Crippen LogP contribution in [-0.4, -0.2) is 29.3 Å². The lowest BCUT2D eigenvalue weighted by molar-refractivity contribution is -0.159. The molecule has 0 radical (unpaired) electrons. The molecule has 1 aromatic carbocycles. The molecule has 0 saturated heterocycles. The second-order valence-electron chi connectivity index (χ2n) is 6.61. The first-order chi connectivity index (χ1) is 11.2. The maximum Gasteiger partial charge on any atom is 0.333 e. The Bertz CT molecular complexity index is 578. The van der Waals surface area contributed by atoms with E-state index in [2.05, 4.69) is 5.32 Å². The summed E-state index contributed by atoms with van der Waals surface area (Å²) in [5.41, 5.74) is 5.52. The van der Waals surface area contributed by atoms with Crippen LogP contribution in [0.4, 0.5) is 0 Å². The zero-order valence-electron chi connectivity index (χ0n) is 14.7. The molecule has 0 heterocycles. The smallest absolute Gasteiger partial charge is 0.333 e. The number of hydrogen-bond donors (Lipinski definition) is 2. The lowest BCUT2D eigenvalue weighted by atomic mass is 10.0. The summed E-state index contributed by atoms with van der Waals surface area (Å²) in [7, 11) is 0. The molecule has 0 aliphatic carbocycles. The number of amides is 1. The summed E-state index contributed by atoms with van der Waals surface area (Å²) < 4.78 is 5.35. The van der Waals surface area contributed by atoms with Crippen LogP contribution in [0.5, 0.6) is 0 Å². The molecule has 2 unspecified atom stereocenters. The quantitative estimate of drug-likeness (QED) is 0.586. The topological polar surface area (TPSA) is 98.5 Å². The first kappa shape index (κ1) is 19.8. The molecule has 1 rings (SSSR count). The van der Waals surface area contributed by atoms with Crippen LogP contribution in [-0.2, 0) is 19.1 Å². The van der Waals surface area contributed by atoms with Crippen molar-refractivity contribution in [3.8, 4) is 0 Å². The molecule has 1 amide bonds. The summed E-state index contributed by atoms with van der Waals surface area (Å²) in [4.78, 5) is 36.6. The molecule has 2 atom stereocenters. The summed E-state index contributed by atoms with van der Waals surface area (Å²) in [6.07, 6.45) is 1.10. The van der Waals surface area contributed by atoms with E-state index in [1.54, 1.807) is 51.1 Å².